The van der Waals surface area contributed by atoms with Gasteiger partial charge in [-0.15, -0.1) is 0 Å². The molecule has 1 unspecified atom stereocenters. The highest BCUT2D eigenvalue weighted by Gasteiger charge is 2.50. The molecule has 14 heteroatoms. The first-order valence-electron chi connectivity index (χ1n) is 21.7. The molecule has 5 heterocycles. The first-order chi connectivity index (χ1) is 29.4. The Kier molecular flexibility index (Phi) is 10.7. The lowest BCUT2D eigenvalue weighted by molar-refractivity contribution is -0.136. The highest BCUT2D eigenvalue weighted by molar-refractivity contribution is 6.06. The average molecular weight is 830 g/mol. The summed E-state index contributed by atoms with van der Waals surface area (Å²) in [6, 6.07) is 13.4. The van der Waals surface area contributed by atoms with Crippen molar-refractivity contribution < 1.29 is 33.4 Å². The normalized spacial score (nSPS) is 22.3. The van der Waals surface area contributed by atoms with Crippen molar-refractivity contribution >= 4 is 46.2 Å². The van der Waals surface area contributed by atoms with Crippen LogP contribution in [0.5, 0.6) is 5.75 Å². The zero-order valence-electron chi connectivity index (χ0n) is 35.7. The summed E-state index contributed by atoms with van der Waals surface area (Å²) in [7, 11) is 2.62. The predicted molar refractivity (Wildman–Crippen MR) is 230 cm³/mol. The monoisotopic (exact) mass is 829 g/mol. The number of nitrogens with zero attached hydrogens (tertiary/aromatic N) is 4. The number of hydrogen-bond acceptors (Lipinski definition) is 9. The minimum absolute atomic E-state index is 0.0529. The van der Waals surface area contributed by atoms with E-state index in [0.29, 0.717) is 31.3 Å². The van der Waals surface area contributed by atoms with Gasteiger partial charge in [-0.25, -0.2) is 14.6 Å². The smallest absolute Gasteiger partial charge is 0.407 e. The number of carbonyl (C=O) groups is 4. The van der Waals surface area contributed by atoms with Crippen molar-refractivity contribution in [3.8, 4) is 28.1 Å². The van der Waals surface area contributed by atoms with E-state index in [9.17, 15) is 19.2 Å². The van der Waals surface area contributed by atoms with Crippen LogP contribution in [0.15, 0.2) is 53.7 Å². The molecule has 0 radical (unpaired) electrons. The van der Waals surface area contributed by atoms with Gasteiger partial charge in [0, 0.05) is 35.8 Å². The molecule has 4 aromatic rings. The van der Waals surface area contributed by atoms with Crippen LogP contribution in [-0.4, -0.2) is 94.4 Å². The Balaban J connectivity index is 0.942. The topological polar surface area (TPSA) is 168 Å². The summed E-state index contributed by atoms with van der Waals surface area (Å²) >= 11 is 0. The number of alkyl carbamates (subject to hydrolysis) is 2. The van der Waals surface area contributed by atoms with Gasteiger partial charge in [0.05, 0.1) is 43.9 Å². The van der Waals surface area contributed by atoms with Crippen molar-refractivity contribution in [1.29, 1.82) is 0 Å². The average Bonchev–Trinajstić information content (AvgIpc) is 4.11. The number of aromatic amines is 1. The molecule has 1 aliphatic carbocycles. The standard InChI is InChI=1S/C47H55N7O7/c1-24(2)41(51-46(57)59-5)44(55)53-16-8-11-38(53)43-48-22-36(50-43)27-12-14-30-32-17-26-13-15-34-33(31(26)18-29(32)23-61-40(30)20-27)21-35(49-34)39-19-28-9-7-10-37(28)54(39)45(56)42(25(3)4)52-47(58)60-6/h12-15,17-18,20,22,24-25,28,37-39,41-42H,7-11,16,19,21,23H2,1-6H3,(H,48,50)(H,51,57)(H,52,58)/t28-,37-,38?,39-,41-,42-/m0/s1. The molecule has 3 aromatic carbocycles. The van der Waals surface area contributed by atoms with Gasteiger partial charge in [0.25, 0.3) is 0 Å². The number of carbonyl (C=O) groups excluding carboxylic acids is 4. The molecule has 4 amide bonds. The van der Waals surface area contributed by atoms with Gasteiger partial charge in [-0.2, -0.15) is 0 Å². The number of aliphatic imine (C=N–C) groups is 1. The highest BCUT2D eigenvalue weighted by Crippen LogP contribution is 2.47. The lowest BCUT2D eigenvalue weighted by Crippen LogP contribution is -2.56. The summed E-state index contributed by atoms with van der Waals surface area (Å²) in [5.74, 6) is 1.51. The van der Waals surface area contributed by atoms with Crippen molar-refractivity contribution in [3.63, 3.8) is 0 Å². The van der Waals surface area contributed by atoms with E-state index in [0.717, 1.165) is 94.4 Å². The van der Waals surface area contributed by atoms with Crippen LogP contribution in [0.25, 0.3) is 33.2 Å². The molecule has 3 fully saturated rings. The zero-order valence-corrected chi connectivity index (χ0v) is 35.7. The lowest BCUT2D eigenvalue weighted by atomic mass is 9.90. The number of amides is 4. The molecule has 4 aliphatic heterocycles. The number of methoxy groups -OCH3 is 2. The van der Waals surface area contributed by atoms with E-state index < -0.39 is 24.3 Å². The van der Waals surface area contributed by atoms with E-state index in [1.54, 1.807) is 6.20 Å². The second kappa shape index (κ2) is 16.2. The van der Waals surface area contributed by atoms with Gasteiger partial charge in [0.1, 0.15) is 30.3 Å². The van der Waals surface area contributed by atoms with E-state index in [-0.39, 0.29) is 41.8 Å². The maximum Gasteiger partial charge on any atom is 0.407 e. The maximum absolute atomic E-state index is 14.3. The Morgan fingerprint density at radius 3 is 2.34 bits per heavy atom. The van der Waals surface area contributed by atoms with E-state index in [1.807, 2.05) is 38.7 Å². The van der Waals surface area contributed by atoms with Crippen LogP contribution in [0.1, 0.15) is 89.2 Å². The van der Waals surface area contributed by atoms with Gasteiger partial charge >= 0.3 is 12.2 Å². The summed E-state index contributed by atoms with van der Waals surface area (Å²) in [5, 5.41) is 7.80. The number of hydrogen-bond donors (Lipinski definition) is 3. The van der Waals surface area contributed by atoms with Crippen LogP contribution in [0.4, 0.5) is 15.3 Å². The second-order valence-corrected chi connectivity index (χ2v) is 17.9. The minimum Gasteiger partial charge on any atom is -0.488 e. The Hall–Kier alpha value is -5.92. The first-order valence-corrected chi connectivity index (χ1v) is 21.7. The van der Waals surface area contributed by atoms with Crippen molar-refractivity contribution in [3.05, 3.63) is 65.6 Å². The number of H-pyrrole nitrogens is 1. The SMILES string of the molecule is COC(=O)N[C@H](C(=O)N1CCCC1c1ncc(-c2ccc3c(c2)OCc2cc4c5c(ccc4cc2-3)N=C([C@@H]2C[C@@H]3CCC[C@@H]3N2C(=O)[C@@H](NC(=O)OC)C(C)C)C5)[nH]1)C(C)C. The summed E-state index contributed by atoms with van der Waals surface area (Å²) in [4.78, 5) is 69.6. The Morgan fingerprint density at radius 1 is 0.852 bits per heavy atom. The number of likely N-dealkylation sites (tertiary alicyclic amines) is 2. The van der Waals surface area contributed by atoms with Gasteiger partial charge < -0.3 is 39.6 Å². The number of ether oxygens (including phenoxy) is 3. The molecule has 320 valence electrons. The third-order valence-corrected chi connectivity index (χ3v) is 13.6. The summed E-state index contributed by atoms with van der Waals surface area (Å²) < 4.78 is 16.1. The fourth-order valence-corrected chi connectivity index (χ4v) is 10.5. The van der Waals surface area contributed by atoms with Crippen LogP contribution in [0, 0.1) is 17.8 Å². The molecule has 0 bridgehead atoms. The highest BCUT2D eigenvalue weighted by atomic mass is 16.5. The molecule has 0 spiro atoms. The van der Waals surface area contributed by atoms with Gasteiger partial charge in [-0.3, -0.25) is 14.6 Å². The van der Waals surface area contributed by atoms with Crippen molar-refractivity contribution in [2.75, 3.05) is 20.8 Å². The molecule has 61 heavy (non-hydrogen) atoms. The summed E-state index contributed by atoms with van der Waals surface area (Å²) in [6.45, 7) is 8.72. The predicted octanol–water partition coefficient (Wildman–Crippen LogP) is 7.61. The van der Waals surface area contributed by atoms with Crippen LogP contribution >= 0.6 is 0 Å². The quantitative estimate of drug-likeness (QED) is 0.155. The molecule has 3 N–H and O–H groups in total. The molecular weight excluding hydrogens is 775 g/mol. The number of rotatable bonds is 9. The third-order valence-electron chi connectivity index (χ3n) is 13.6. The number of imidazole rings is 1. The number of benzene rings is 3. The van der Waals surface area contributed by atoms with E-state index >= 15 is 0 Å². The number of nitrogens with one attached hydrogen (secondary N) is 3. The van der Waals surface area contributed by atoms with E-state index in [2.05, 4.69) is 56.9 Å². The molecule has 2 saturated heterocycles. The molecule has 1 saturated carbocycles. The van der Waals surface area contributed by atoms with Crippen LogP contribution in [-0.2, 0) is 32.1 Å². The number of aromatic nitrogens is 2. The molecule has 9 rings (SSSR count). The van der Waals surface area contributed by atoms with E-state index in [1.165, 1.54) is 19.8 Å². The van der Waals surface area contributed by atoms with Crippen molar-refractivity contribution in [2.45, 2.75) is 109 Å². The van der Waals surface area contributed by atoms with Crippen LogP contribution in [0.3, 0.4) is 0 Å². The Morgan fingerprint density at radius 2 is 1.61 bits per heavy atom. The molecule has 5 aliphatic rings. The molecular formula is C47H55N7O7. The van der Waals surface area contributed by atoms with Crippen LogP contribution in [0.2, 0.25) is 0 Å². The Bertz CT molecular complexity index is 2440. The van der Waals surface area contributed by atoms with Crippen LogP contribution < -0.4 is 15.4 Å². The second-order valence-electron chi connectivity index (χ2n) is 17.9. The Labute approximate surface area is 355 Å². The minimum atomic E-state index is -0.700. The summed E-state index contributed by atoms with van der Waals surface area (Å²) in [6.07, 6.45) is 6.91. The largest absolute Gasteiger partial charge is 0.488 e. The molecule has 14 nitrogen and oxygen atoms in total. The maximum atomic E-state index is 14.3. The van der Waals surface area contributed by atoms with Gasteiger partial charge in [-0.05, 0) is 108 Å². The first kappa shape index (κ1) is 40.5. The summed E-state index contributed by atoms with van der Waals surface area (Å²) in [5.41, 5.74) is 8.14. The van der Waals surface area contributed by atoms with Gasteiger partial charge in [-0.1, -0.05) is 46.2 Å². The number of fused-ring (bicyclic) bond motifs is 7. The van der Waals surface area contributed by atoms with E-state index in [4.69, 9.17) is 24.2 Å². The molecule has 1 aromatic heterocycles. The lowest BCUT2D eigenvalue weighted by Gasteiger charge is -2.34. The van der Waals surface area contributed by atoms with Crippen molar-refractivity contribution in [2.24, 2.45) is 22.7 Å². The molecule has 6 atom stereocenters. The van der Waals surface area contributed by atoms with Gasteiger partial charge in [0.15, 0.2) is 0 Å². The third kappa shape index (κ3) is 7.27. The fourth-order valence-electron chi connectivity index (χ4n) is 10.5. The van der Waals surface area contributed by atoms with Gasteiger partial charge in [0.2, 0.25) is 11.8 Å². The zero-order chi connectivity index (χ0) is 42.7. The fraction of sp³-hybridized carbons (Fsp3) is 0.489. The van der Waals surface area contributed by atoms with Crippen molar-refractivity contribution in [1.82, 2.24) is 30.4 Å².